The summed E-state index contributed by atoms with van der Waals surface area (Å²) in [6.45, 7) is 5.52. The summed E-state index contributed by atoms with van der Waals surface area (Å²) in [5.74, 6) is 1.86. The maximum atomic E-state index is 11.8. The highest BCUT2D eigenvalue weighted by Gasteiger charge is 2.36. The molecule has 0 aromatic carbocycles. The zero-order valence-corrected chi connectivity index (χ0v) is 10.7. The van der Waals surface area contributed by atoms with Crippen molar-refractivity contribution in [1.29, 1.82) is 0 Å². The Morgan fingerprint density at radius 3 is 2.62 bits per heavy atom. The number of nitrogens with zero attached hydrogens (tertiary/aromatic N) is 1. The van der Waals surface area contributed by atoms with Crippen LogP contribution >= 0.6 is 0 Å². The van der Waals surface area contributed by atoms with Gasteiger partial charge in [-0.25, -0.2) is 0 Å². The monoisotopic (exact) mass is 224 g/mol. The Hall–Kier alpha value is -0.570. The van der Waals surface area contributed by atoms with E-state index < -0.39 is 0 Å². The number of likely N-dealkylation sites (tertiary alicyclic amines) is 1. The average Bonchev–Trinajstić information content (AvgIpc) is 2.77. The Morgan fingerprint density at radius 2 is 2.12 bits per heavy atom. The molecule has 0 spiro atoms. The van der Waals surface area contributed by atoms with E-state index in [1.807, 2.05) is 11.9 Å². The summed E-state index contributed by atoms with van der Waals surface area (Å²) in [7, 11) is 1.90. The van der Waals surface area contributed by atoms with E-state index in [0.29, 0.717) is 6.04 Å². The Bertz CT molecular complexity index is 267. The van der Waals surface area contributed by atoms with Gasteiger partial charge < -0.3 is 10.2 Å². The molecule has 92 valence electrons. The zero-order valence-electron chi connectivity index (χ0n) is 10.7. The minimum Gasteiger partial charge on any atom is -0.344 e. The van der Waals surface area contributed by atoms with Crippen molar-refractivity contribution in [2.24, 2.45) is 11.8 Å². The fraction of sp³-hybridized carbons (Fsp3) is 0.923. The summed E-state index contributed by atoms with van der Waals surface area (Å²) < 4.78 is 0. The normalized spacial score (nSPS) is 39.7. The molecule has 1 saturated carbocycles. The lowest BCUT2D eigenvalue weighted by Gasteiger charge is -2.23. The molecule has 3 heteroatoms. The molecule has 1 aliphatic heterocycles. The second kappa shape index (κ2) is 4.74. The number of hydrogen-bond donors (Lipinski definition) is 1. The number of likely N-dealkylation sites (N-methyl/N-ethyl adjacent to an activating group) is 1. The van der Waals surface area contributed by atoms with Crippen molar-refractivity contribution in [2.45, 2.75) is 51.6 Å². The highest BCUT2D eigenvalue weighted by atomic mass is 16.2. The fourth-order valence-electron chi connectivity index (χ4n) is 3.29. The van der Waals surface area contributed by atoms with E-state index in [0.717, 1.165) is 24.8 Å². The van der Waals surface area contributed by atoms with Gasteiger partial charge in [-0.1, -0.05) is 20.3 Å². The molecule has 16 heavy (non-hydrogen) atoms. The van der Waals surface area contributed by atoms with Crippen molar-refractivity contribution in [3.8, 4) is 0 Å². The molecule has 4 unspecified atom stereocenters. The topological polar surface area (TPSA) is 32.3 Å². The van der Waals surface area contributed by atoms with Gasteiger partial charge in [-0.3, -0.25) is 4.79 Å². The Kier molecular flexibility index (Phi) is 3.53. The lowest BCUT2D eigenvalue weighted by Crippen LogP contribution is -2.44. The van der Waals surface area contributed by atoms with Gasteiger partial charge in [-0.05, 0) is 31.1 Å². The van der Waals surface area contributed by atoms with Crippen molar-refractivity contribution >= 4 is 5.91 Å². The SMILES string of the molecule is CCC1CCC(NC2CCN(C)C2=O)C1C. The van der Waals surface area contributed by atoms with Crippen LogP contribution in [0.15, 0.2) is 0 Å². The summed E-state index contributed by atoms with van der Waals surface area (Å²) in [6.07, 6.45) is 4.83. The largest absolute Gasteiger partial charge is 0.344 e. The summed E-state index contributed by atoms with van der Waals surface area (Å²) >= 11 is 0. The number of rotatable bonds is 3. The van der Waals surface area contributed by atoms with E-state index in [1.54, 1.807) is 0 Å². The van der Waals surface area contributed by atoms with Crippen LogP contribution in [0.2, 0.25) is 0 Å². The zero-order chi connectivity index (χ0) is 11.7. The highest BCUT2D eigenvalue weighted by Crippen LogP contribution is 2.34. The van der Waals surface area contributed by atoms with E-state index in [9.17, 15) is 4.79 Å². The summed E-state index contributed by atoms with van der Waals surface area (Å²) in [5, 5.41) is 3.58. The molecule has 1 heterocycles. The quantitative estimate of drug-likeness (QED) is 0.790. The van der Waals surface area contributed by atoms with Crippen LogP contribution in [0.1, 0.15) is 39.5 Å². The molecule has 1 amide bonds. The third-order valence-electron chi connectivity index (χ3n) is 4.59. The van der Waals surface area contributed by atoms with Crippen molar-refractivity contribution in [3.63, 3.8) is 0 Å². The lowest BCUT2D eigenvalue weighted by molar-refractivity contribution is -0.128. The van der Waals surface area contributed by atoms with Gasteiger partial charge in [0.1, 0.15) is 0 Å². The van der Waals surface area contributed by atoms with Crippen LogP contribution < -0.4 is 5.32 Å². The minimum absolute atomic E-state index is 0.0908. The van der Waals surface area contributed by atoms with Crippen LogP contribution in [0.5, 0.6) is 0 Å². The molecule has 1 saturated heterocycles. The van der Waals surface area contributed by atoms with Crippen LogP contribution in [-0.4, -0.2) is 36.5 Å². The number of carbonyl (C=O) groups is 1. The predicted molar refractivity (Wildman–Crippen MR) is 65.1 cm³/mol. The van der Waals surface area contributed by atoms with Crippen LogP contribution in [0.4, 0.5) is 0 Å². The van der Waals surface area contributed by atoms with Crippen LogP contribution in [0, 0.1) is 11.8 Å². The molecule has 0 bridgehead atoms. The van der Waals surface area contributed by atoms with Gasteiger partial charge in [0.2, 0.25) is 5.91 Å². The standard InChI is InChI=1S/C13H24N2O/c1-4-10-5-6-11(9(10)2)14-12-7-8-15(3)13(12)16/h9-12,14H,4-8H2,1-3H3. The van der Waals surface area contributed by atoms with Gasteiger partial charge in [-0.15, -0.1) is 0 Å². The molecule has 2 rings (SSSR count). The van der Waals surface area contributed by atoms with E-state index in [1.165, 1.54) is 19.3 Å². The first kappa shape index (κ1) is 11.9. The minimum atomic E-state index is 0.0908. The first-order chi connectivity index (χ1) is 7.63. The van der Waals surface area contributed by atoms with E-state index in [2.05, 4.69) is 19.2 Å². The van der Waals surface area contributed by atoms with Gasteiger partial charge in [0, 0.05) is 19.6 Å². The molecule has 4 atom stereocenters. The summed E-state index contributed by atoms with van der Waals surface area (Å²) in [5.41, 5.74) is 0. The second-order valence-corrected chi connectivity index (χ2v) is 5.48. The second-order valence-electron chi connectivity index (χ2n) is 5.48. The first-order valence-electron chi connectivity index (χ1n) is 6.64. The molecular formula is C13H24N2O. The maximum Gasteiger partial charge on any atom is 0.239 e. The molecule has 1 N–H and O–H groups in total. The van der Waals surface area contributed by atoms with Gasteiger partial charge in [0.15, 0.2) is 0 Å². The van der Waals surface area contributed by atoms with Crippen LogP contribution in [-0.2, 0) is 4.79 Å². The Morgan fingerprint density at radius 1 is 1.38 bits per heavy atom. The van der Waals surface area contributed by atoms with Crippen molar-refractivity contribution in [3.05, 3.63) is 0 Å². The molecule has 2 aliphatic rings. The Balaban J connectivity index is 1.89. The highest BCUT2D eigenvalue weighted by molar-refractivity contribution is 5.83. The van der Waals surface area contributed by atoms with Gasteiger partial charge in [0.05, 0.1) is 6.04 Å². The summed E-state index contributed by atoms with van der Waals surface area (Å²) in [6, 6.07) is 0.651. The van der Waals surface area contributed by atoms with E-state index >= 15 is 0 Å². The fourth-order valence-corrected chi connectivity index (χ4v) is 3.29. The number of carbonyl (C=O) groups excluding carboxylic acids is 1. The molecule has 3 nitrogen and oxygen atoms in total. The van der Waals surface area contributed by atoms with Crippen molar-refractivity contribution in [2.75, 3.05) is 13.6 Å². The molecule has 0 aromatic rings. The molecular weight excluding hydrogens is 200 g/mol. The number of hydrogen-bond acceptors (Lipinski definition) is 2. The Labute approximate surface area is 98.6 Å². The van der Waals surface area contributed by atoms with Gasteiger partial charge in [-0.2, -0.15) is 0 Å². The molecule has 2 fully saturated rings. The van der Waals surface area contributed by atoms with Crippen LogP contribution in [0.3, 0.4) is 0 Å². The smallest absolute Gasteiger partial charge is 0.239 e. The number of amides is 1. The third kappa shape index (κ3) is 2.10. The van der Waals surface area contributed by atoms with Crippen molar-refractivity contribution in [1.82, 2.24) is 10.2 Å². The molecule has 1 aliphatic carbocycles. The maximum absolute atomic E-state index is 11.8. The molecule has 0 aromatic heterocycles. The van der Waals surface area contributed by atoms with Gasteiger partial charge in [0.25, 0.3) is 0 Å². The number of nitrogens with one attached hydrogen (secondary N) is 1. The van der Waals surface area contributed by atoms with Crippen LogP contribution in [0.25, 0.3) is 0 Å². The lowest BCUT2D eigenvalue weighted by atomic mass is 9.93. The predicted octanol–water partition coefficient (Wildman–Crippen LogP) is 1.63. The average molecular weight is 224 g/mol. The van der Waals surface area contributed by atoms with E-state index in [-0.39, 0.29) is 11.9 Å². The summed E-state index contributed by atoms with van der Waals surface area (Å²) in [4.78, 5) is 13.7. The van der Waals surface area contributed by atoms with E-state index in [4.69, 9.17) is 0 Å². The first-order valence-corrected chi connectivity index (χ1v) is 6.64. The third-order valence-corrected chi connectivity index (χ3v) is 4.59. The molecule has 0 radical (unpaired) electrons. The van der Waals surface area contributed by atoms with Gasteiger partial charge >= 0.3 is 0 Å². The van der Waals surface area contributed by atoms with Crippen molar-refractivity contribution < 1.29 is 4.79 Å².